The Kier molecular flexibility index (Phi) is 1.69. The molecule has 0 aromatic heterocycles. The first kappa shape index (κ1) is 10.4. The molecule has 0 radical (unpaired) electrons. The second-order valence-electron chi connectivity index (χ2n) is 5.67. The van der Waals surface area contributed by atoms with Crippen LogP contribution in [0.3, 0.4) is 0 Å². The first-order valence-corrected chi connectivity index (χ1v) is 6.51. The lowest BCUT2D eigenvalue weighted by Crippen LogP contribution is -2.46. The summed E-state index contributed by atoms with van der Waals surface area (Å²) in [4.78, 5) is 25.2. The summed E-state index contributed by atoms with van der Waals surface area (Å²) < 4.78 is 5.76. The van der Waals surface area contributed by atoms with Crippen LogP contribution in [0.25, 0.3) is 0 Å². The van der Waals surface area contributed by atoms with Crippen LogP contribution in [-0.2, 0) is 4.74 Å². The molecule has 18 heavy (non-hydrogen) atoms. The molecule has 2 aliphatic carbocycles. The van der Waals surface area contributed by atoms with Gasteiger partial charge in [-0.15, -0.1) is 0 Å². The van der Waals surface area contributed by atoms with Crippen LogP contribution in [0.4, 0.5) is 0 Å². The standard InChI is InChI=1S/C15H14O3/c1-9-4-5-10-11(8-9)13(17)15-7-3-2-6-14(15,18-15)12(10)16/h4-5,8H,2-3,6-7H2,1H3. The Hall–Kier alpha value is -1.48. The van der Waals surface area contributed by atoms with Crippen molar-refractivity contribution in [1.82, 2.24) is 0 Å². The summed E-state index contributed by atoms with van der Waals surface area (Å²) in [6, 6.07) is 5.49. The number of aryl methyl sites for hydroxylation is 1. The highest BCUT2D eigenvalue weighted by Gasteiger charge is 2.80. The van der Waals surface area contributed by atoms with Gasteiger partial charge in [0.1, 0.15) is 0 Å². The quantitative estimate of drug-likeness (QED) is 0.656. The lowest BCUT2D eigenvalue weighted by molar-refractivity contribution is 0.0810. The van der Waals surface area contributed by atoms with Crippen molar-refractivity contribution >= 4 is 11.6 Å². The van der Waals surface area contributed by atoms with Crippen molar-refractivity contribution in [2.24, 2.45) is 0 Å². The first-order valence-electron chi connectivity index (χ1n) is 6.51. The van der Waals surface area contributed by atoms with Crippen molar-refractivity contribution in [3.05, 3.63) is 34.9 Å². The van der Waals surface area contributed by atoms with E-state index >= 15 is 0 Å². The molecule has 2 unspecified atom stereocenters. The monoisotopic (exact) mass is 242 g/mol. The van der Waals surface area contributed by atoms with Crippen molar-refractivity contribution in [1.29, 1.82) is 0 Å². The van der Waals surface area contributed by atoms with E-state index in [9.17, 15) is 9.59 Å². The molecule has 0 amide bonds. The van der Waals surface area contributed by atoms with E-state index < -0.39 is 11.2 Å². The van der Waals surface area contributed by atoms with E-state index in [2.05, 4.69) is 0 Å². The molecule has 3 nitrogen and oxygen atoms in total. The highest BCUT2D eigenvalue weighted by molar-refractivity contribution is 6.25. The van der Waals surface area contributed by atoms with Gasteiger partial charge in [0.25, 0.3) is 0 Å². The van der Waals surface area contributed by atoms with Gasteiger partial charge in [0.15, 0.2) is 22.8 Å². The average molecular weight is 242 g/mol. The van der Waals surface area contributed by atoms with E-state index in [4.69, 9.17) is 4.74 Å². The van der Waals surface area contributed by atoms with E-state index in [1.165, 1.54) is 0 Å². The Bertz CT molecular complexity index is 604. The number of rotatable bonds is 0. The normalized spacial score (nSPS) is 36.7. The summed E-state index contributed by atoms with van der Waals surface area (Å²) in [6.45, 7) is 1.94. The zero-order chi connectivity index (χ0) is 12.5. The Labute approximate surface area is 105 Å². The lowest BCUT2D eigenvalue weighted by Gasteiger charge is -2.28. The predicted molar refractivity (Wildman–Crippen MR) is 64.9 cm³/mol. The first-order chi connectivity index (χ1) is 8.61. The summed E-state index contributed by atoms with van der Waals surface area (Å²) in [7, 11) is 0. The lowest BCUT2D eigenvalue weighted by atomic mass is 9.67. The van der Waals surface area contributed by atoms with Crippen LogP contribution in [-0.4, -0.2) is 22.8 Å². The van der Waals surface area contributed by atoms with Crippen molar-refractivity contribution < 1.29 is 14.3 Å². The van der Waals surface area contributed by atoms with Crippen molar-refractivity contribution in [3.63, 3.8) is 0 Å². The highest BCUT2D eigenvalue weighted by Crippen LogP contribution is 2.62. The molecule has 3 heteroatoms. The number of hydrogen-bond donors (Lipinski definition) is 0. The van der Waals surface area contributed by atoms with Gasteiger partial charge in [-0.2, -0.15) is 0 Å². The third-order valence-corrected chi connectivity index (χ3v) is 4.66. The molecular formula is C15H14O3. The largest absolute Gasteiger partial charge is 0.345 e. The van der Waals surface area contributed by atoms with Gasteiger partial charge in [-0.3, -0.25) is 9.59 Å². The maximum Gasteiger partial charge on any atom is 0.198 e. The molecule has 4 rings (SSSR count). The average Bonchev–Trinajstić information content (AvgIpc) is 3.08. The molecule has 0 bridgehead atoms. The zero-order valence-corrected chi connectivity index (χ0v) is 10.3. The molecule has 92 valence electrons. The van der Waals surface area contributed by atoms with Gasteiger partial charge in [-0.1, -0.05) is 17.7 Å². The number of fused-ring (bicyclic) bond motifs is 1. The Morgan fingerprint density at radius 1 is 1.00 bits per heavy atom. The van der Waals surface area contributed by atoms with E-state index in [0.29, 0.717) is 24.0 Å². The minimum atomic E-state index is -0.802. The summed E-state index contributed by atoms with van der Waals surface area (Å²) in [6.07, 6.45) is 3.35. The van der Waals surface area contributed by atoms with Crippen LogP contribution in [0, 0.1) is 6.92 Å². The van der Waals surface area contributed by atoms with Crippen LogP contribution in [0.2, 0.25) is 0 Å². The van der Waals surface area contributed by atoms with Gasteiger partial charge in [-0.25, -0.2) is 0 Å². The molecular weight excluding hydrogens is 228 g/mol. The molecule has 0 spiro atoms. The summed E-state index contributed by atoms with van der Waals surface area (Å²) in [5, 5.41) is 0. The van der Waals surface area contributed by atoms with Crippen LogP contribution >= 0.6 is 0 Å². The number of carbonyl (C=O) groups is 2. The molecule has 0 N–H and O–H groups in total. The zero-order valence-electron chi connectivity index (χ0n) is 10.3. The molecule has 1 saturated heterocycles. The van der Waals surface area contributed by atoms with E-state index in [1.807, 2.05) is 19.1 Å². The smallest absolute Gasteiger partial charge is 0.198 e. The third-order valence-electron chi connectivity index (χ3n) is 4.66. The van der Waals surface area contributed by atoms with Crippen LogP contribution in [0.1, 0.15) is 52.0 Å². The third kappa shape index (κ3) is 0.927. The van der Waals surface area contributed by atoms with Gasteiger partial charge >= 0.3 is 0 Å². The fourth-order valence-electron chi connectivity index (χ4n) is 3.69. The maximum atomic E-state index is 12.6. The second kappa shape index (κ2) is 2.91. The number of Topliss-reactive ketones (excluding diaryl/α,β-unsaturated/α-hetero) is 2. The molecule has 1 heterocycles. The van der Waals surface area contributed by atoms with Gasteiger partial charge in [0, 0.05) is 11.1 Å². The molecule has 1 aliphatic heterocycles. The maximum absolute atomic E-state index is 12.6. The fraction of sp³-hybridized carbons (Fsp3) is 0.467. The fourth-order valence-corrected chi connectivity index (χ4v) is 3.69. The van der Waals surface area contributed by atoms with Crippen molar-refractivity contribution in [3.8, 4) is 0 Å². The van der Waals surface area contributed by atoms with Gasteiger partial charge < -0.3 is 4.74 Å². The number of benzene rings is 1. The minimum absolute atomic E-state index is 0.0248. The van der Waals surface area contributed by atoms with Gasteiger partial charge in [0.05, 0.1) is 0 Å². The van der Waals surface area contributed by atoms with E-state index in [-0.39, 0.29) is 11.6 Å². The molecule has 1 aromatic carbocycles. The Morgan fingerprint density at radius 3 is 2.28 bits per heavy atom. The molecule has 2 fully saturated rings. The number of hydrogen-bond acceptors (Lipinski definition) is 3. The van der Waals surface area contributed by atoms with E-state index in [0.717, 1.165) is 18.4 Å². The van der Waals surface area contributed by atoms with Crippen molar-refractivity contribution in [2.75, 3.05) is 0 Å². The molecule has 2 atom stereocenters. The van der Waals surface area contributed by atoms with E-state index in [1.54, 1.807) is 6.07 Å². The molecule has 3 aliphatic rings. The Balaban J connectivity index is 1.97. The minimum Gasteiger partial charge on any atom is -0.345 e. The SMILES string of the molecule is Cc1ccc2c(c1)C(=O)C13CCCCC1(O3)C2=O. The Morgan fingerprint density at radius 2 is 1.61 bits per heavy atom. The number of ether oxygens (including phenoxy) is 1. The number of epoxide rings is 1. The highest BCUT2D eigenvalue weighted by atomic mass is 16.6. The van der Waals surface area contributed by atoms with Crippen molar-refractivity contribution in [2.45, 2.75) is 43.8 Å². The molecule has 1 aromatic rings. The van der Waals surface area contributed by atoms with Gasteiger partial charge in [-0.05, 0) is 38.7 Å². The van der Waals surface area contributed by atoms with Gasteiger partial charge in [0.2, 0.25) is 0 Å². The number of ketones is 2. The predicted octanol–water partition coefficient (Wildman–Crippen LogP) is 2.46. The second-order valence-corrected chi connectivity index (χ2v) is 5.67. The van der Waals surface area contributed by atoms with Crippen LogP contribution in [0.15, 0.2) is 18.2 Å². The van der Waals surface area contributed by atoms with Crippen LogP contribution < -0.4 is 0 Å². The summed E-state index contributed by atoms with van der Waals surface area (Å²) in [5.41, 5.74) is 0.527. The summed E-state index contributed by atoms with van der Waals surface area (Å²) in [5.74, 6) is 0.0531. The summed E-state index contributed by atoms with van der Waals surface area (Å²) >= 11 is 0. The number of carbonyl (C=O) groups excluding carboxylic acids is 2. The molecule has 1 saturated carbocycles. The van der Waals surface area contributed by atoms with Crippen LogP contribution in [0.5, 0.6) is 0 Å². The topological polar surface area (TPSA) is 46.7 Å².